The van der Waals surface area contributed by atoms with Gasteiger partial charge in [0.05, 0.1) is 12.1 Å². The summed E-state index contributed by atoms with van der Waals surface area (Å²) in [6, 6.07) is 8.13. The molecule has 1 saturated heterocycles. The lowest BCUT2D eigenvalue weighted by atomic mass is 10.0. The van der Waals surface area contributed by atoms with Crippen LogP contribution in [-0.4, -0.2) is 42.3 Å². The van der Waals surface area contributed by atoms with Crippen LogP contribution in [0.5, 0.6) is 0 Å². The number of carboxylic acid groups (broad SMARTS) is 1. The van der Waals surface area contributed by atoms with Gasteiger partial charge in [0.1, 0.15) is 17.5 Å². The Kier molecular flexibility index (Phi) is 5.60. The summed E-state index contributed by atoms with van der Waals surface area (Å²) in [5.41, 5.74) is 2.56. The largest absolute Gasteiger partial charge is 0.477 e. The van der Waals surface area contributed by atoms with Crippen molar-refractivity contribution in [2.45, 2.75) is 58.0 Å². The van der Waals surface area contributed by atoms with Crippen LogP contribution in [0.2, 0.25) is 0 Å². The van der Waals surface area contributed by atoms with Crippen molar-refractivity contribution in [3.63, 3.8) is 0 Å². The number of para-hydroxylation sites is 1. The molecule has 1 N–H and O–H groups in total. The average Bonchev–Trinajstić information content (AvgIpc) is 2.95. The summed E-state index contributed by atoms with van der Waals surface area (Å²) in [5, 5.41) is 9.77. The fourth-order valence-corrected chi connectivity index (χ4v) is 4.62. The van der Waals surface area contributed by atoms with Crippen LogP contribution in [0.4, 0.5) is 5.69 Å². The van der Waals surface area contributed by atoms with Crippen molar-refractivity contribution >= 4 is 17.2 Å². The van der Waals surface area contributed by atoms with Crippen molar-refractivity contribution in [2.24, 2.45) is 0 Å². The number of hydrogen-bond donors (Lipinski definition) is 1. The molecule has 0 amide bonds. The van der Waals surface area contributed by atoms with Gasteiger partial charge in [0.25, 0.3) is 0 Å². The minimum Gasteiger partial charge on any atom is -0.477 e. The van der Waals surface area contributed by atoms with Crippen molar-refractivity contribution in [1.82, 2.24) is 9.38 Å². The molecule has 0 radical (unpaired) electrons. The lowest BCUT2D eigenvalue weighted by Crippen LogP contribution is -2.60. The Morgan fingerprint density at radius 3 is 2.76 bits per heavy atom. The Morgan fingerprint density at radius 2 is 2.04 bits per heavy atom. The molecule has 2 unspecified atom stereocenters. The summed E-state index contributed by atoms with van der Waals surface area (Å²) in [4.78, 5) is 14.3. The second-order valence-corrected chi connectivity index (χ2v) is 7.54. The average molecular weight is 343 g/mol. The molecule has 0 bridgehead atoms. The minimum absolute atomic E-state index is 0.341. The summed E-state index contributed by atoms with van der Waals surface area (Å²) >= 11 is 0. The Bertz CT molecular complexity index is 655. The lowest BCUT2D eigenvalue weighted by Gasteiger charge is -2.46. The topological polar surface area (TPSA) is 40.5 Å². The third kappa shape index (κ3) is 3.38. The monoisotopic (exact) mass is 343 g/mol. The van der Waals surface area contributed by atoms with E-state index in [1.54, 1.807) is 0 Å². The molecule has 3 rings (SSSR count). The smallest absolute Gasteiger partial charge is 0.341 e. The number of carbonyl (C=O) groups is 1. The van der Waals surface area contributed by atoms with Gasteiger partial charge in [-0.2, -0.15) is 0 Å². The van der Waals surface area contributed by atoms with E-state index in [-0.39, 0.29) is 0 Å². The Morgan fingerprint density at radius 1 is 1.24 bits per heavy atom. The minimum atomic E-state index is -0.806. The van der Waals surface area contributed by atoms with Crippen LogP contribution in [-0.2, 0) is 4.79 Å². The van der Waals surface area contributed by atoms with E-state index >= 15 is 0 Å². The molecule has 1 aromatic rings. The maximum absolute atomic E-state index is 11.9. The summed E-state index contributed by atoms with van der Waals surface area (Å²) in [6.45, 7) is 4.31. The molecule has 4 heteroatoms. The number of unbranched alkanes of at least 4 members (excludes halogenated alkanes) is 3. The van der Waals surface area contributed by atoms with E-state index < -0.39 is 5.97 Å². The standard InChI is InChI=1S/C21H30N2O2/c1-3-4-5-10-15-23(20-13-8-9-14-22(20)2)16-18(21(24)25)17-11-6-7-12-19(17)23/h6-7,11-12,16,20H,3-5,8-10,13-15H2,1-2H3/p+1. The number of fused-ring (bicyclic) bond motifs is 1. The van der Waals surface area contributed by atoms with Gasteiger partial charge in [-0.1, -0.05) is 31.9 Å². The predicted molar refractivity (Wildman–Crippen MR) is 103 cm³/mol. The SMILES string of the molecule is CCCCCC[N+]1(C2CCCCN2C)C=C(C(=O)O)c2ccccc21. The van der Waals surface area contributed by atoms with Crippen molar-refractivity contribution in [3.05, 3.63) is 36.0 Å². The van der Waals surface area contributed by atoms with E-state index in [0.29, 0.717) is 16.2 Å². The molecular formula is C21H31N2O2+. The number of aliphatic carboxylic acids is 1. The predicted octanol–water partition coefficient (Wildman–Crippen LogP) is 4.46. The normalized spacial score (nSPS) is 26.3. The van der Waals surface area contributed by atoms with Crippen LogP contribution in [0.1, 0.15) is 57.4 Å². The number of rotatable bonds is 7. The van der Waals surface area contributed by atoms with Crippen LogP contribution >= 0.6 is 0 Å². The molecule has 1 aromatic carbocycles. The van der Waals surface area contributed by atoms with Crippen LogP contribution in [0, 0.1) is 0 Å². The van der Waals surface area contributed by atoms with Gasteiger partial charge in [-0.05, 0) is 38.8 Å². The van der Waals surface area contributed by atoms with Crippen LogP contribution < -0.4 is 4.48 Å². The van der Waals surface area contributed by atoms with Crippen LogP contribution in [0.15, 0.2) is 30.5 Å². The first-order valence-electron chi connectivity index (χ1n) is 9.74. The highest BCUT2D eigenvalue weighted by molar-refractivity contribution is 6.19. The molecule has 2 atom stereocenters. The number of carboxylic acids is 1. The molecule has 25 heavy (non-hydrogen) atoms. The van der Waals surface area contributed by atoms with Gasteiger partial charge in [-0.15, -0.1) is 0 Å². The van der Waals surface area contributed by atoms with Crippen LogP contribution in [0.25, 0.3) is 5.57 Å². The first-order chi connectivity index (χ1) is 12.1. The second-order valence-electron chi connectivity index (χ2n) is 7.54. The second kappa shape index (κ2) is 7.71. The lowest BCUT2D eigenvalue weighted by molar-refractivity contribution is -0.130. The Labute approximate surface area is 151 Å². The molecule has 1 fully saturated rings. The highest BCUT2D eigenvalue weighted by Gasteiger charge is 2.47. The van der Waals surface area contributed by atoms with Crippen molar-refractivity contribution in [1.29, 1.82) is 0 Å². The van der Waals surface area contributed by atoms with Gasteiger partial charge < -0.3 is 5.11 Å². The van der Waals surface area contributed by atoms with Crippen molar-refractivity contribution < 1.29 is 9.90 Å². The zero-order chi connectivity index (χ0) is 17.9. The number of benzene rings is 1. The summed E-state index contributed by atoms with van der Waals surface area (Å²) in [5.74, 6) is -0.806. The maximum Gasteiger partial charge on any atom is 0.341 e. The van der Waals surface area contributed by atoms with Gasteiger partial charge in [-0.3, -0.25) is 4.90 Å². The molecule has 4 nitrogen and oxygen atoms in total. The maximum atomic E-state index is 11.9. The highest BCUT2D eigenvalue weighted by Crippen LogP contribution is 2.45. The van der Waals surface area contributed by atoms with E-state index in [1.165, 1.54) is 37.8 Å². The van der Waals surface area contributed by atoms with E-state index in [9.17, 15) is 9.90 Å². The third-order valence-corrected chi connectivity index (χ3v) is 5.88. The van der Waals surface area contributed by atoms with E-state index in [4.69, 9.17) is 0 Å². The Balaban J connectivity index is 2.03. The molecule has 0 spiro atoms. The molecule has 0 saturated carbocycles. The van der Waals surface area contributed by atoms with Crippen molar-refractivity contribution in [2.75, 3.05) is 20.1 Å². The summed E-state index contributed by atoms with van der Waals surface area (Å²) < 4.78 is 0.692. The molecule has 0 aliphatic carbocycles. The number of likely N-dealkylation sites (tertiary alicyclic amines) is 1. The van der Waals surface area contributed by atoms with Gasteiger partial charge >= 0.3 is 5.97 Å². The number of hydrogen-bond acceptors (Lipinski definition) is 2. The number of piperidine rings is 1. The van der Waals surface area contributed by atoms with E-state index in [2.05, 4.69) is 31.0 Å². The fraction of sp³-hybridized carbons (Fsp3) is 0.571. The zero-order valence-corrected chi connectivity index (χ0v) is 15.6. The molecule has 2 aliphatic heterocycles. The first kappa shape index (κ1) is 18.2. The summed E-state index contributed by atoms with van der Waals surface area (Å²) in [7, 11) is 2.20. The van der Waals surface area contributed by atoms with E-state index in [1.807, 2.05) is 18.3 Å². The van der Waals surface area contributed by atoms with Gasteiger partial charge in [0.15, 0.2) is 6.17 Å². The molecule has 2 aliphatic rings. The van der Waals surface area contributed by atoms with Gasteiger partial charge in [0.2, 0.25) is 0 Å². The van der Waals surface area contributed by atoms with Crippen molar-refractivity contribution in [3.8, 4) is 0 Å². The zero-order valence-electron chi connectivity index (χ0n) is 15.6. The summed E-state index contributed by atoms with van der Waals surface area (Å²) in [6.07, 6.45) is 10.8. The quantitative estimate of drug-likeness (QED) is 0.587. The van der Waals surface area contributed by atoms with Crippen LogP contribution in [0.3, 0.4) is 0 Å². The molecular weight excluding hydrogens is 312 g/mol. The molecule has 136 valence electrons. The third-order valence-electron chi connectivity index (χ3n) is 5.88. The Hall–Kier alpha value is -1.65. The molecule has 0 aromatic heterocycles. The first-order valence-corrected chi connectivity index (χ1v) is 9.74. The number of nitrogens with zero attached hydrogens (tertiary/aromatic N) is 2. The highest BCUT2D eigenvalue weighted by atomic mass is 16.4. The fourth-order valence-electron chi connectivity index (χ4n) is 4.62. The molecule has 2 heterocycles. The number of quaternary nitrogens is 1. The van der Waals surface area contributed by atoms with E-state index in [0.717, 1.165) is 31.5 Å². The van der Waals surface area contributed by atoms with Gasteiger partial charge in [0, 0.05) is 19.0 Å². The van der Waals surface area contributed by atoms with Gasteiger partial charge in [-0.25, -0.2) is 9.28 Å².